The lowest BCUT2D eigenvalue weighted by molar-refractivity contribution is 0.0482. The van der Waals surface area contributed by atoms with E-state index >= 15 is 0 Å². The molecule has 1 fully saturated rings. The molecule has 1 aliphatic rings. The third-order valence-corrected chi connectivity index (χ3v) is 6.45. The third-order valence-electron chi connectivity index (χ3n) is 6.45. The number of aryl methyl sites for hydroxylation is 1. The van der Waals surface area contributed by atoms with Crippen molar-refractivity contribution in [3.05, 3.63) is 90.0 Å². The predicted octanol–water partition coefficient (Wildman–Crippen LogP) is 5.65. The maximum absolute atomic E-state index is 13.5. The average molecular weight is 502 g/mol. The van der Waals surface area contributed by atoms with Crippen molar-refractivity contribution in [2.75, 3.05) is 20.3 Å². The van der Waals surface area contributed by atoms with E-state index in [9.17, 15) is 4.79 Å². The second-order valence-corrected chi connectivity index (χ2v) is 8.88. The Bertz CT molecular complexity index is 1310. The first-order valence-electron chi connectivity index (χ1n) is 12.6. The summed E-state index contributed by atoms with van der Waals surface area (Å²) in [6.45, 7) is 3.50. The Hall–Kier alpha value is -4.04. The second kappa shape index (κ2) is 11.3. The van der Waals surface area contributed by atoms with Gasteiger partial charge in [0, 0.05) is 13.2 Å². The van der Waals surface area contributed by atoms with E-state index in [-0.39, 0.29) is 12.0 Å². The van der Waals surface area contributed by atoms with Crippen LogP contribution in [0.5, 0.6) is 17.4 Å². The highest BCUT2D eigenvalue weighted by Crippen LogP contribution is 2.36. The van der Waals surface area contributed by atoms with Crippen LogP contribution >= 0.6 is 0 Å². The predicted molar refractivity (Wildman–Crippen MR) is 138 cm³/mol. The average Bonchev–Trinajstić information content (AvgIpc) is 3.71. The minimum atomic E-state index is -0.196. The first-order chi connectivity index (χ1) is 18.2. The Kier molecular flexibility index (Phi) is 7.56. The zero-order valence-electron chi connectivity index (χ0n) is 21.1. The number of amides is 1. The van der Waals surface area contributed by atoms with Crippen LogP contribution in [0.4, 0.5) is 0 Å². The molecule has 2 aromatic carbocycles. The molecule has 5 rings (SSSR count). The Labute approximate surface area is 216 Å². The lowest BCUT2D eigenvalue weighted by atomic mass is 10.1. The largest absolute Gasteiger partial charge is 0.493 e. The highest BCUT2D eigenvalue weighted by molar-refractivity contribution is 5.91. The zero-order valence-corrected chi connectivity index (χ0v) is 21.1. The van der Waals surface area contributed by atoms with Gasteiger partial charge in [0.1, 0.15) is 0 Å². The molecular formula is C29H31N3O5. The molecule has 8 heteroatoms. The van der Waals surface area contributed by atoms with Crippen molar-refractivity contribution in [1.82, 2.24) is 14.7 Å². The van der Waals surface area contributed by atoms with Gasteiger partial charge < -0.3 is 23.5 Å². The van der Waals surface area contributed by atoms with E-state index < -0.39 is 0 Å². The number of ether oxygens (including phenoxy) is 3. The van der Waals surface area contributed by atoms with Gasteiger partial charge in [-0.3, -0.25) is 4.79 Å². The molecule has 0 N–H and O–H groups in total. The van der Waals surface area contributed by atoms with Crippen molar-refractivity contribution in [2.45, 2.75) is 38.8 Å². The normalized spacial score (nSPS) is 15.0. The minimum absolute atomic E-state index is 0.0215. The fourth-order valence-corrected chi connectivity index (χ4v) is 4.58. The van der Waals surface area contributed by atoms with E-state index in [1.165, 1.54) is 6.26 Å². The zero-order chi connectivity index (χ0) is 25.6. The Morgan fingerprint density at radius 3 is 2.54 bits per heavy atom. The summed E-state index contributed by atoms with van der Waals surface area (Å²) in [4.78, 5) is 15.3. The van der Waals surface area contributed by atoms with E-state index in [1.54, 1.807) is 28.8 Å². The van der Waals surface area contributed by atoms with E-state index in [0.29, 0.717) is 49.3 Å². The molecule has 4 aromatic rings. The van der Waals surface area contributed by atoms with Crippen molar-refractivity contribution < 1.29 is 23.4 Å². The topological polar surface area (TPSA) is 79.0 Å². The molecule has 0 spiro atoms. The van der Waals surface area contributed by atoms with Crippen molar-refractivity contribution >= 4 is 5.91 Å². The number of furan rings is 1. The van der Waals surface area contributed by atoms with E-state index in [1.807, 2.05) is 61.5 Å². The van der Waals surface area contributed by atoms with E-state index in [4.69, 9.17) is 23.7 Å². The highest BCUT2D eigenvalue weighted by atomic mass is 16.5. The fraction of sp³-hybridized carbons (Fsp3) is 0.310. The van der Waals surface area contributed by atoms with Crippen LogP contribution in [0.15, 0.2) is 77.4 Å². The van der Waals surface area contributed by atoms with Crippen LogP contribution in [0.2, 0.25) is 0 Å². The maximum atomic E-state index is 13.5. The summed E-state index contributed by atoms with van der Waals surface area (Å²) in [6.07, 6.45) is 4.06. The van der Waals surface area contributed by atoms with Crippen molar-refractivity contribution in [3.8, 4) is 23.1 Å². The standard InChI is InChI=1S/C29H31N3O5/c1-3-24-23(20-31(19-22-13-9-17-35-22)28(33)27-16-10-18-36-27)29(32(30-24)21-11-5-4-6-12-21)37-26-15-8-7-14-25(26)34-2/h4-8,10-12,14-16,18,22H,3,9,13,17,19-20H2,1-2H3. The Morgan fingerprint density at radius 2 is 1.86 bits per heavy atom. The van der Waals surface area contributed by atoms with Crippen LogP contribution in [0, 0.1) is 0 Å². The molecule has 0 saturated carbocycles. The van der Waals surface area contributed by atoms with Gasteiger partial charge >= 0.3 is 0 Å². The van der Waals surface area contributed by atoms with E-state index in [2.05, 4.69) is 0 Å². The van der Waals surface area contributed by atoms with Gasteiger partial charge in [0.05, 0.1) is 43.0 Å². The van der Waals surface area contributed by atoms with Crippen molar-refractivity contribution in [2.24, 2.45) is 0 Å². The van der Waals surface area contributed by atoms with Crippen LogP contribution in [0.25, 0.3) is 5.69 Å². The molecule has 1 aliphatic heterocycles. The molecule has 192 valence electrons. The summed E-state index contributed by atoms with van der Waals surface area (Å²) in [6, 6.07) is 20.7. The molecule has 8 nitrogen and oxygen atoms in total. The van der Waals surface area contributed by atoms with Gasteiger partial charge in [0.2, 0.25) is 5.88 Å². The first-order valence-corrected chi connectivity index (χ1v) is 12.6. The molecule has 2 aromatic heterocycles. The molecule has 3 heterocycles. The summed E-state index contributed by atoms with van der Waals surface area (Å²) in [7, 11) is 1.61. The summed E-state index contributed by atoms with van der Waals surface area (Å²) in [5, 5.41) is 4.92. The summed E-state index contributed by atoms with van der Waals surface area (Å²) in [5.41, 5.74) is 2.53. The van der Waals surface area contributed by atoms with Gasteiger partial charge in [0.15, 0.2) is 17.3 Å². The quantitative estimate of drug-likeness (QED) is 0.279. The van der Waals surface area contributed by atoms with Gasteiger partial charge in [0.25, 0.3) is 5.91 Å². The highest BCUT2D eigenvalue weighted by Gasteiger charge is 2.29. The first kappa shape index (κ1) is 24.6. The molecule has 1 amide bonds. The van der Waals surface area contributed by atoms with Crippen molar-refractivity contribution in [1.29, 1.82) is 0 Å². The molecule has 0 radical (unpaired) electrons. The molecule has 1 unspecified atom stereocenters. The number of hydrogen-bond donors (Lipinski definition) is 0. The van der Waals surface area contributed by atoms with Gasteiger partial charge in [-0.05, 0) is 55.7 Å². The number of carbonyl (C=O) groups is 1. The van der Waals surface area contributed by atoms with Gasteiger partial charge in [-0.2, -0.15) is 5.10 Å². The van der Waals surface area contributed by atoms with Crippen LogP contribution < -0.4 is 9.47 Å². The number of rotatable bonds is 10. The van der Waals surface area contributed by atoms with E-state index in [0.717, 1.165) is 29.8 Å². The molecule has 1 saturated heterocycles. The lowest BCUT2D eigenvalue weighted by Gasteiger charge is -2.25. The van der Waals surface area contributed by atoms with Crippen LogP contribution in [-0.4, -0.2) is 47.0 Å². The summed E-state index contributed by atoms with van der Waals surface area (Å²) >= 11 is 0. The number of carbonyl (C=O) groups excluding carboxylic acids is 1. The van der Waals surface area contributed by atoms with Crippen LogP contribution in [0.3, 0.4) is 0 Å². The number of benzene rings is 2. The smallest absolute Gasteiger partial charge is 0.289 e. The minimum Gasteiger partial charge on any atom is -0.493 e. The molecule has 37 heavy (non-hydrogen) atoms. The molecule has 0 aliphatic carbocycles. The van der Waals surface area contributed by atoms with Crippen LogP contribution in [-0.2, 0) is 17.7 Å². The molecule has 0 bridgehead atoms. The summed E-state index contributed by atoms with van der Waals surface area (Å²) < 4.78 is 25.2. The monoisotopic (exact) mass is 501 g/mol. The molecule has 1 atom stereocenters. The maximum Gasteiger partial charge on any atom is 0.289 e. The molecular weight excluding hydrogens is 470 g/mol. The summed E-state index contributed by atoms with van der Waals surface area (Å²) in [5.74, 6) is 1.80. The van der Waals surface area contributed by atoms with Gasteiger partial charge in [-0.1, -0.05) is 37.3 Å². The second-order valence-electron chi connectivity index (χ2n) is 8.88. The van der Waals surface area contributed by atoms with Gasteiger partial charge in [-0.15, -0.1) is 0 Å². The number of aromatic nitrogens is 2. The fourth-order valence-electron chi connectivity index (χ4n) is 4.58. The number of nitrogens with zero attached hydrogens (tertiary/aromatic N) is 3. The van der Waals surface area contributed by atoms with Crippen LogP contribution in [0.1, 0.15) is 41.6 Å². The van der Waals surface area contributed by atoms with Crippen molar-refractivity contribution in [3.63, 3.8) is 0 Å². The SMILES string of the molecule is CCc1nn(-c2ccccc2)c(Oc2ccccc2OC)c1CN(CC1CCCO1)C(=O)c1ccco1. The lowest BCUT2D eigenvalue weighted by Crippen LogP contribution is -2.37. The Balaban J connectivity index is 1.58. The number of methoxy groups -OCH3 is 1. The third kappa shape index (κ3) is 5.39. The number of hydrogen-bond acceptors (Lipinski definition) is 6. The Morgan fingerprint density at radius 1 is 1.08 bits per heavy atom. The number of para-hydroxylation sites is 3. The van der Waals surface area contributed by atoms with Gasteiger partial charge in [-0.25, -0.2) is 4.68 Å².